The molecule has 0 radical (unpaired) electrons. The van der Waals surface area contributed by atoms with Crippen molar-refractivity contribution in [2.24, 2.45) is 0 Å². The predicted octanol–water partition coefficient (Wildman–Crippen LogP) is 2.39. The van der Waals surface area contributed by atoms with E-state index in [0.29, 0.717) is 12.5 Å². The average Bonchev–Trinajstić information content (AvgIpc) is 2.83. The summed E-state index contributed by atoms with van der Waals surface area (Å²) in [4.78, 5) is 2.64. The molecule has 0 aliphatic rings. The smallest absolute Gasteiger partial charge is 0.233 e. The van der Waals surface area contributed by atoms with Crippen LogP contribution in [0.25, 0.3) is 0 Å². The number of H-pyrrole nitrogens is 1. The molecule has 5 heteroatoms. The lowest BCUT2D eigenvalue weighted by Crippen LogP contribution is -2.02. The van der Waals surface area contributed by atoms with Crippen LogP contribution in [-0.4, -0.2) is 17.2 Å². The molecule has 92 valence electrons. The fourth-order valence-electron chi connectivity index (χ4n) is 1.61. The summed E-state index contributed by atoms with van der Waals surface area (Å²) in [6.07, 6.45) is 0. The maximum Gasteiger partial charge on any atom is 0.233 e. The maximum absolute atomic E-state index is 5.63. The van der Waals surface area contributed by atoms with Crippen LogP contribution in [0.3, 0.4) is 0 Å². The molecule has 0 aromatic carbocycles. The fourth-order valence-corrected chi connectivity index (χ4v) is 2.67. The van der Waals surface area contributed by atoms with E-state index in [2.05, 4.69) is 28.5 Å². The van der Waals surface area contributed by atoms with Gasteiger partial charge in [0.15, 0.2) is 0 Å². The van der Waals surface area contributed by atoms with E-state index in [1.165, 1.54) is 15.3 Å². The van der Waals surface area contributed by atoms with Crippen LogP contribution in [0.4, 0.5) is 0 Å². The Morgan fingerprint density at radius 3 is 2.88 bits per heavy atom. The Bertz CT molecular complexity index is 490. The number of nitrogens with zero attached hydrogens (tertiary/aromatic N) is 1. The summed E-state index contributed by atoms with van der Waals surface area (Å²) in [5.41, 5.74) is 2.25. The van der Waals surface area contributed by atoms with Crippen molar-refractivity contribution in [3.8, 4) is 5.88 Å². The van der Waals surface area contributed by atoms with Crippen LogP contribution in [0.15, 0.2) is 12.1 Å². The monoisotopic (exact) mass is 251 g/mol. The molecule has 2 aromatic heterocycles. The zero-order valence-electron chi connectivity index (χ0n) is 10.3. The number of rotatable bonds is 5. The minimum absolute atomic E-state index is 0.580. The molecule has 17 heavy (non-hydrogen) atoms. The van der Waals surface area contributed by atoms with E-state index < -0.39 is 0 Å². The Hall–Kier alpha value is -1.33. The second kappa shape index (κ2) is 5.33. The van der Waals surface area contributed by atoms with E-state index in [0.717, 1.165) is 12.2 Å². The predicted molar refractivity (Wildman–Crippen MR) is 69.5 cm³/mol. The third kappa shape index (κ3) is 3.08. The van der Waals surface area contributed by atoms with Gasteiger partial charge in [-0.25, -0.2) is 0 Å². The highest BCUT2D eigenvalue weighted by molar-refractivity contribution is 7.12. The Morgan fingerprint density at radius 2 is 2.24 bits per heavy atom. The van der Waals surface area contributed by atoms with Crippen molar-refractivity contribution in [1.82, 2.24) is 15.5 Å². The van der Waals surface area contributed by atoms with Gasteiger partial charge in [0, 0.05) is 33.6 Å². The van der Waals surface area contributed by atoms with Crippen LogP contribution in [0, 0.1) is 13.8 Å². The molecule has 2 heterocycles. The molecule has 0 amide bonds. The number of hydrogen-bond donors (Lipinski definition) is 2. The Labute approximate surface area is 105 Å². The van der Waals surface area contributed by atoms with E-state index in [1.54, 1.807) is 0 Å². The lowest BCUT2D eigenvalue weighted by Gasteiger charge is -2.01. The first kappa shape index (κ1) is 12.1. The Balaban J connectivity index is 1.98. The third-order valence-electron chi connectivity index (χ3n) is 2.48. The van der Waals surface area contributed by atoms with Gasteiger partial charge in [0.2, 0.25) is 5.88 Å². The van der Waals surface area contributed by atoms with Crippen LogP contribution in [0.5, 0.6) is 5.88 Å². The Morgan fingerprint density at radius 1 is 1.41 bits per heavy atom. The van der Waals surface area contributed by atoms with Crippen molar-refractivity contribution < 1.29 is 4.74 Å². The van der Waals surface area contributed by atoms with Gasteiger partial charge in [0.05, 0.1) is 0 Å². The van der Waals surface area contributed by atoms with Crippen molar-refractivity contribution >= 4 is 11.3 Å². The molecule has 0 saturated heterocycles. The molecule has 2 N–H and O–H groups in total. The zero-order chi connectivity index (χ0) is 12.3. The Kier molecular flexibility index (Phi) is 3.81. The molecule has 4 nitrogen and oxygen atoms in total. The maximum atomic E-state index is 5.63. The standard InChI is InChI=1S/C12H17N3OS/c1-8-4-12(15-14-8)16-7-10-5-11(6-13-3)17-9(10)2/h4-5,13H,6-7H2,1-3H3,(H,14,15). The molecular weight excluding hydrogens is 234 g/mol. The van der Waals surface area contributed by atoms with Crippen molar-refractivity contribution in [3.05, 3.63) is 33.1 Å². The van der Waals surface area contributed by atoms with Crippen LogP contribution in [0.2, 0.25) is 0 Å². The highest BCUT2D eigenvalue weighted by atomic mass is 32.1. The van der Waals surface area contributed by atoms with Crippen molar-refractivity contribution in [3.63, 3.8) is 0 Å². The molecular formula is C12H17N3OS. The van der Waals surface area contributed by atoms with E-state index in [4.69, 9.17) is 4.74 Å². The summed E-state index contributed by atoms with van der Waals surface area (Å²) in [6, 6.07) is 4.09. The highest BCUT2D eigenvalue weighted by Gasteiger charge is 2.06. The summed E-state index contributed by atoms with van der Waals surface area (Å²) in [5, 5.41) is 10.1. The second-order valence-corrected chi connectivity index (χ2v) is 5.34. The molecule has 0 unspecified atom stereocenters. The lowest BCUT2D eigenvalue weighted by atomic mass is 10.2. The van der Waals surface area contributed by atoms with E-state index in [9.17, 15) is 0 Å². The first-order chi connectivity index (χ1) is 8.19. The number of aromatic nitrogens is 2. The number of nitrogens with one attached hydrogen (secondary N) is 2. The summed E-state index contributed by atoms with van der Waals surface area (Å²) in [7, 11) is 1.96. The van der Waals surface area contributed by atoms with Gasteiger partial charge in [0.25, 0.3) is 0 Å². The molecule has 0 saturated carbocycles. The van der Waals surface area contributed by atoms with E-state index >= 15 is 0 Å². The van der Waals surface area contributed by atoms with Crippen LogP contribution >= 0.6 is 11.3 Å². The minimum atomic E-state index is 0.580. The lowest BCUT2D eigenvalue weighted by molar-refractivity contribution is 0.293. The summed E-state index contributed by atoms with van der Waals surface area (Å²) >= 11 is 1.81. The average molecular weight is 251 g/mol. The van der Waals surface area contributed by atoms with Crippen LogP contribution in [-0.2, 0) is 13.2 Å². The molecule has 0 fully saturated rings. The van der Waals surface area contributed by atoms with Gasteiger partial charge in [-0.2, -0.15) is 0 Å². The molecule has 0 bridgehead atoms. The molecule has 0 spiro atoms. The SMILES string of the molecule is CNCc1cc(COc2cc(C)[nH]n2)c(C)s1. The number of thiophene rings is 1. The zero-order valence-corrected chi connectivity index (χ0v) is 11.1. The van der Waals surface area contributed by atoms with Crippen molar-refractivity contribution in [2.75, 3.05) is 7.05 Å². The van der Waals surface area contributed by atoms with Crippen LogP contribution < -0.4 is 10.1 Å². The number of hydrogen-bond acceptors (Lipinski definition) is 4. The quantitative estimate of drug-likeness (QED) is 0.858. The van der Waals surface area contributed by atoms with Gasteiger partial charge in [-0.1, -0.05) is 0 Å². The molecule has 2 aromatic rings. The van der Waals surface area contributed by atoms with Gasteiger partial charge >= 0.3 is 0 Å². The van der Waals surface area contributed by atoms with Gasteiger partial charge in [-0.15, -0.1) is 16.4 Å². The van der Waals surface area contributed by atoms with Gasteiger partial charge in [-0.05, 0) is 27.0 Å². The van der Waals surface area contributed by atoms with Crippen LogP contribution in [0.1, 0.15) is 21.0 Å². The second-order valence-electron chi connectivity index (χ2n) is 4.00. The number of aryl methyl sites for hydroxylation is 2. The number of aromatic amines is 1. The first-order valence-electron chi connectivity index (χ1n) is 5.56. The van der Waals surface area contributed by atoms with Gasteiger partial charge < -0.3 is 10.1 Å². The first-order valence-corrected chi connectivity index (χ1v) is 6.38. The van der Waals surface area contributed by atoms with Gasteiger partial charge in [0.1, 0.15) is 6.61 Å². The summed E-state index contributed by atoms with van der Waals surface area (Å²) in [6.45, 7) is 5.57. The molecule has 0 aliphatic carbocycles. The van der Waals surface area contributed by atoms with E-state index in [-0.39, 0.29) is 0 Å². The normalized spacial score (nSPS) is 10.8. The minimum Gasteiger partial charge on any atom is -0.472 e. The highest BCUT2D eigenvalue weighted by Crippen LogP contribution is 2.22. The van der Waals surface area contributed by atoms with Crippen molar-refractivity contribution in [2.45, 2.75) is 27.0 Å². The molecule has 0 aliphatic heterocycles. The topological polar surface area (TPSA) is 49.9 Å². The van der Waals surface area contributed by atoms with E-state index in [1.807, 2.05) is 31.4 Å². The number of ether oxygens (including phenoxy) is 1. The van der Waals surface area contributed by atoms with Crippen molar-refractivity contribution in [1.29, 1.82) is 0 Å². The largest absolute Gasteiger partial charge is 0.472 e. The third-order valence-corrected chi connectivity index (χ3v) is 3.57. The fraction of sp³-hybridized carbons (Fsp3) is 0.417. The molecule has 2 rings (SSSR count). The van der Waals surface area contributed by atoms with Gasteiger partial charge in [-0.3, -0.25) is 5.10 Å². The molecule has 0 atom stereocenters. The summed E-state index contributed by atoms with van der Waals surface area (Å²) in [5.74, 6) is 0.656. The summed E-state index contributed by atoms with van der Waals surface area (Å²) < 4.78 is 5.63.